The topological polar surface area (TPSA) is 60.9 Å². The van der Waals surface area contributed by atoms with E-state index in [4.69, 9.17) is 0 Å². The highest BCUT2D eigenvalue weighted by Crippen LogP contribution is 2.24. The molecule has 4 rings (SSSR count). The summed E-state index contributed by atoms with van der Waals surface area (Å²) in [6, 6.07) is 13.0. The fourth-order valence-corrected chi connectivity index (χ4v) is 6.33. The summed E-state index contributed by atoms with van der Waals surface area (Å²) in [5.41, 5.74) is 0. The van der Waals surface area contributed by atoms with Gasteiger partial charge in [0, 0.05) is 39.3 Å². The molecule has 2 unspecified atom stereocenters. The molecule has 0 bridgehead atoms. The van der Waals surface area contributed by atoms with Crippen LogP contribution in [0.4, 0.5) is 0 Å². The Morgan fingerprint density at radius 1 is 0.933 bits per heavy atom. The van der Waals surface area contributed by atoms with Crippen LogP contribution in [0.3, 0.4) is 0 Å². The van der Waals surface area contributed by atoms with E-state index in [0.717, 1.165) is 23.9 Å². The van der Waals surface area contributed by atoms with Crippen LogP contribution in [0.2, 0.25) is 0 Å². The average molecular weight is 430 g/mol. The van der Waals surface area contributed by atoms with Crippen molar-refractivity contribution < 1.29 is 13.2 Å². The maximum atomic E-state index is 13.1. The monoisotopic (exact) mass is 429 g/mol. The summed E-state index contributed by atoms with van der Waals surface area (Å²) < 4.78 is 27.7. The highest BCUT2D eigenvalue weighted by Gasteiger charge is 2.31. The summed E-state index contributed by atoms with van der Waals surface area (Å²) in [7, 11) is -3.56. The molecule has 6 nitrogen and oxygen atoms in total. The molecule has 2 fully saturated rings. The van der Waals surface area contributed by atoms with Crippen molar-refractivity contribution in [3.05, 3.63) is 42.5 Å². The lowest BCUT2D eigenvalue weighted by atomic mass is 9.92. The normalized spacial score (nSPS) is 24.3. The number of nitrogens with zero attached hydrogens (tertiary/aromatic N) is 3. The van der Waals surface area contributed by atoms with Crippen LogP contribution in [0.1, 0.15) is 20.3 Å². The number of hydrogen-bond donors (Lipinski definition) is 0. The third-order valence-corrected chi connectivity index (χ3v) is 8.15. The number of carbonyl (C=O) groups is 1. The molecule has 7 heteroatoms. The molecule has 0 N–H and O–H groups in total. The third kappa shape index (κ3) is 4.53. The quantitative estimate of drug-likeness (QED) is 0.750. The number of benzene rings is 2. The first kappa shape index (κ1) is 21.3. The number of fused-ring (bicyclic) bond motifs is 1. The van der Waals surface area contributed by atoms with E-state index < -0.39 is 10.0 Å². The number of carbonyl (C=O) groups excluding carboxylic acids is 1. The van der Waals surface area contributed by atoms with Crippen LogP contribution in [-0.2, 0) is 14.8 Å². The fourth-order valence-electron chi connectivity index (χ4n) is 4.87. The number of hydrogen-bond acceptors (Lipinski definition) is 4. The molecule has 0 spiro atoms. The summed E-state index contributed by atoms with van der Waals surface area (Å²) in [4.78, 5) is 17.2. The summed E-state index contributed by atoms with van der Waals surface area (Å²) in [6.45, 7) is 8.43. The number of piperidine rings is 1. The van der Waals surface area contributed by atoms with Gasteiger partial charge in [-0.05, 0) is 41.2 Å². The molecule has 2 aliphatic rings. The first-order valence-electron chi connectivity index (χ1n) is 10.8. The largest absolute Gasteiger partial charge is 0.339 e. The second kappa shape index (κ2) is 8.65. The minimum absolute atomic E-state index is 0.110. The fraction of sp³-hybridized carbons (Fsp3) is 0.522. The molecule has 2 aliphatic heterocycles. The maximum absolute atomic E-state index is 13.1. The van der Waals surface area contributed by atoms with Crippen LogP contribution >= 0.6 is 0 Å². The second-order valence-electron chi connectivity index (χ2n) is 8.93. The van der Waals surface area contributed by atoms with Crippen LogP contribution in [0.25, 0.3) is 10.8 Å². The maximum Gasteiger partial charge on any atom is 0.243 e. The zero-order valence-corrected chi connectivity index (χ0v) is 18.6. The average Bonchev–Trinajstić information content (AvgIpc) is 2.72. The zero-order valence-electron chi connectivity index (χ0n) is 17.8. The van der Waals surface area contributed by atoms with Crippen LogP contribution in [0.15, 0.2) is 47.4 Å². The van der Waals surface area contributed by atoms with E-state index in [1.165, 1.54) is 10.7 Å². The molecule has 2 atom stereocenters. The lowest BCUT2D eigenvalue weighted by molar-refractivity contribution is -0.134. The van der Waals surface area contributed by atoms with Crippen molar-refractivity contribution in [1.29, 1.82) is 0 Å². The molecule has 2 saturated heterocycles. The van der Waals surface area contributed by atoms with Gasteiger partial charge in [0.1, 0.15) is 0 Å². The minimum Gasteiger partial charge on any atom is -0.339 e. The van der Waals surface area contributed by atoms with Crippen LogP contribution in [0.5, 0.6) is 0 Å². The van der Waals surface area contributed by atoms with E-state index in [9.17, 15) is 13.2 Å². The molecule has 2 aromatic carbocycles. The van der Waals surface area contributed by atoms with Crippen molar-refractivity contribution in [2.75, 3.05) is 45.8 Å². The lowest BCUT2D eigenvalue weighted by Crippen LogP contribution is -2.53. The van der Waals surface area contributed by atoms with Crippen molar-refractivity contribution >= 4 is 26.7 Å². The van der Waals surface area contributed by atoms with Gasteiger partial charge in [-0.15, -0.1) is 0 Å². The van der Waals surface area contributed by atoms with E-state index in [-0.39, 0.29) is 5.91 Å². The van der Waals surface area contributed by atoms with Gasteiger partial charge in [0.05, 0.1) is 11.4 Å². The Morgan fingerprint density at radius 2 is 1.57 bits per heavy atom. The molecule has 2 aromatic rings. The Morgan fingerprint density at radius 3 is 2.23 bits per heavy atom. The minimum atomic E-state index is -3.56. The molecule has 162 valence electrons. The summed E-state index contributed by atoms with van der Waals surface area (Å²) in [6.07, 6.45) is 1.22. The first-order valence-corrected chi connectivity index (χ1v) is 12.3. The smallest absolute Gasteiger partial charge is 0.243 e. The number of rotatable bonds is 4. The first-order chi connectivity index (χ1) is 14.3. The molecular formula is C23H31N3O3S. The molecule has 0 aliphatic carbocycles. The Balaban J connectivity index is 1.37. The van der Waals surface area contributed by atoms with Crippen molar-refractivity contribution in [2.24, 2.45) is 11.8 Å². The standard InChI is InChI=1S/C23H31N3O3S/c1-18-13-19(2)16-24(15-18)17-23(27)25-9-11-26(12-10-25)30(28,29)22-8-7-20-5-3-4-6-21(20)14-22/h3-8,14,18-19H,9-13,15-17H2,1-2H3. The predicted molar refractivity (Wildman–Crippen MR) is 119 cm³/mol. The lowest BCUT2D eigenvalue weighted by Gasteiger charge is -2.38. The molecule has 0 saturated carbocycles. The molecule has 0 radical (unpaired) electrons. The van der Waals surface area contributed by atoms with Gasteiger partial charge in [-0.2, -0.15) is 4.31 Å². The summed E-state index contributed by atoms with van der Waals surface area (Å²) >= 11 is 0. The predicted octanol–water partition coefficient (Wildman–Crippen LogP) is 2.65. The van der Waals surface area contributed by atoms with E-state index in [1.807, 2.05) is 35.2 Å². The van der Waals surface area contributed by atoms with Crippen molar-refractivity contribution in [1.82, 2.24) is 14.1 Å². The zero-order chi connectivity index (χ0) is 21.3. The molecule has 2 heterocycles. The van der Waals surface area contributed by atoms with Crippen LogP contribution in [-0.4, -0.2) is 74.2 Å². The molecular weight excluding hydrogens is 398 g/mol. The second-order valence-corrected chi connectivity index (χ2v) is 10.9. The SMILES string of the molecule is CC1CC(C)CN(CC(=O)N2CCN(S(=O)(=O)c3ccc4ccccc4c3)CC2)C1. The van der Waals surface area contributed by atoms with E-state index >= 15 is 0 Å². The van der Waals surface area contributed by atoms with Crippen molar-refractivity contribution in [2.45, 2.75) is 25.2 Å². The van der Waals surface area contributed by atoms with Gasteiger partial charge in [-0.1, -0.05) is 44.2 Å². The van der Waals surface area contributed by atoms with Crippen molar-refractivity contribution in [3.8, 4) is 0 Å². The Hall–Kier alpha value is -1.96. The Labute approximate surface area is 179 Å². The third-order valence-electron chi connectivity index (χ3n) is 6.25. The Bertz CT molecular complexity index is 1010. The summed E-state index contributed by atoms with van der Waals surface area (Å²) in [5, 5.41) is 1.94. The molecule has 30 heavy (non-hydrogen) atoms. The van der Waals surface area contributed by atoms with E-state index in [0.29, 0.717) is 49.5 Å². The van der Waals surface area contributed by atoms with Gasteiger partial charge in [-0.25, -0.2) is 8.42 Å². The van der Waals surface area contributed by atoms with Gasteiger partial charge in [0.25, 0.3) is 0 Å². The Kier molecular flexibility index (Phi) is 6.14. The molecule has 1 amide bonds. The highest BCUT2D eigenvalue weighted by atomic mass is 32.2. The highest BCUT2D eigenvalue weighted by molar-refractivity contribution is 7.89. The van der Waals surface area contributed by atoms with Gasteiger partial charge in [-0.3, -0.25) is 9.69 Å². The number of piperazine rings is 1. The summed E-state index contributed by atoms with van der Waals surface area (Å²) in [5.74, 6) is 1.34. The number of likely N-dealkylation sites (tertiary alicyclic amines) is 1. The van der Waals surface area contributed by atoms with E-state index in [1.54, 1.807) is 12.1 Å². The number of sulfonamides is 1. The van der Waals surface area contributed by atoms with Gasteiger partial charge >= 0.3 is 0 Å². The van der Waals surface area contributed by atoms with Crippen molar-refractivity contribution in [3.63, 3.8) is 0 Å². The van der Waals surface area contributed by atoms with E-state index in [2.05, 4.69) is 18.7 Å². The van der Waals surface area contributed by atoms with Gasteiger partial charge < -0.3 is 4.90 Å². The molecule has 0 aromatic heterocycles. The number of amides is 1. The van der Waals surface area contributed by atoms with Gasteiger partial charge in [0.15, 0.2) is 0 Å². The van der Waals surface area contributed by atoms with Crippen LogP contribution in [0, 0.1) is 11.8 Å². The van der Waals surface area contributed by atoms with Gasteiger partial charge in [0.2, 0.25) is 15.9 Å². The van der Waals surface area contributed by atoms with Crippen LogP contribution < -0.4 is 0 Å².